The van der Waals surface area contributed by atoms with Gasteiger partial charge in [0.2, 0.25) is 0 Å². The minimum absolute atomic E-state index is 0.124. The van der Waals surface area contributed by atoms with Gasteiger partial charge in [-0.3, -0.25) is 10.1 Å². The molecule has 1 rings (SSSR count). The summed E-state index contributed by atoms with van der Waals surface area (Å²) in [4.78, 5) is 10.1. The van der Waals surface area contributed by atoms with Gasteiger partial charge in [0.15, 0.2) is 0 Å². The third-order valence-electron chi connectivity index (χ3n) is 2.72. The van der Waals surface area contributed by atoms with Crippen molar-refractivity contribution in [1.29, 1.82) is 0 Å². The quantitative estimate of drug-likeness (QED) is 0.430. The molecular formula is C12H18N2O3. The van der Waals surface area contributed by atoms with Crippen molar-refractivity contribution in [1.82, 2.24) is 5.32 Å². The molecule has 5 heteroatoms. The Morgan fingerprint density at radius 3 is 2.53 bits per heavy atom. The Balaban J connectivity index is 2.46. The summed E-state index contributed by atoms with van der Waals surface area (Å²) < 4.78 is 0. The standard InChI is InChI=1S/C12H18N2O3/c1-10(6-7-13-8-9-15)11-2-4-12(5-3-11)14(16)17/h2-5,10,13,15H,6-9H2,1H3. The summed E-state index contributed by atoms with van der Waals surface area (Å²) in [5.41, 5.74) is 1.22. The molecule has 1 aromatic carbocycles. The highest BCUT2D eigenvalue weighted by Gasteiger charge is 2.08. The normalized spacial score (nSPS) is 12.4. The largest absolute Gasteiger partial charge is 0.395 e. The highest BCUT2D eigenvalue weighted by atomic mass is 16.6. The molecule has 0 aliphatic rings. The van der Waals surface area contributed by atoms with Gasteiger partial charge in [-0.2, -0.15) is 0 Å². The number of nitrogens with zero attached hydrogens (tertiary/aromatic N) is 1. The number of aliphatic hydroxyl groups is 1. The van der Waals surface area contributed by atoms with E-state index in [-0.39, 0.29) is 12.3 Å². The summed E-state index contributed by atoms with van der Waals surface area (Å²) in [6, 6.07) is 6.67. The van der Waals surface area contributed by atoms with E-state index in [9.17, 15) is 10.1 Å². The van der Waals surface area contributed by atoms with Crippen molar-refractivity contribution < 1.29 is 10.0 Å². The van der Waals surface area contributed by atoms with Crippen LogP contribution in [-0.2, 0) is 0 Å². The summed E-state index contributed by atoms with van der Waals surface area (Å²) in [6.45, 7) is 3.67. The molecule has 1 aromatic rings. The SMILES string of the molecule is CC(CCNCCO)c1ccc([N+](=O)[O-])cc1. The fourth-order valence-electron chi connectivity index (χ4n) is 1.61. The second-order valence-corrected chi connectivity index (χ2v) is 4.01. The van der Waals surface area contributed by atoms with E-state index in [4.69, 9.17) is 5.11 Å². The fourth-order valence-corrected chi connectivity index (χ4v) is 1.61. The smallest absolute Gasteiger partial charge is 0.269 e. The highest BCUT2D eigenvalue weighted by Crippen LogP contribution is 2.21. The van der Waals surface area contributed by atoms with Crippen LogP contribution >= 0.6 is 0 Å². The molecule has 0 fully saturated rings. The lowest BCUT2D eigenvalue weighted by atomic mass is 9.97. The third kappa shape index (κ3) is 4.50. The van der Waals surface area contributed by atoms with Gasteiger partial charge in [-0.1, -0.05) is 19.1 Å². The zero-order valence-corrected chi connectivity index (χ0v) is 9.93. The van der Waals surface area contributed by atoms with Crippen LogP contribution < -0.4 is 5.32 Å². The zero-order chi connectivity index (χ0) is 12.7. The van der Waals surface area contributed by atoms with Crippen LogP contribution in [0.1, 0.15) is 24.8 Å². The average molecular weight is 238 g/mol. The van der Waals surface area contributed by atoms with Gasteiger partial charge >= 0.3 is 0 Å². The van der Waals surface area contributed by atoms with Crippen molar-refractivity contribution in [3.63, 3.8) is 0 Å². The molecular weight excluding hydrogens is 220 g/mol. The number of nitro groups is 1. The van der Waals surface area contributed by atoms with E-state index in [2.05, 4.69) is 12.2 Å². The van der Waals surface area contributed by atoms with Crippen LogP contribution in [-0.4, -0.2) is 29.7 Å². The molecule has 0 heterocycles. The topological polar surface area (TPSA) is 75.4 Å². The third-order valence-corrected chi connectivity index (χ3v) is 2.72. The van der Waals surface area contributed by atoms with Crippen LogP contribution in [0.4, 0.5) is 5.69 Å². The monoisotopic (exact) mass is 238 g/mol. The Morgan fingerprint density at radius 2 is 2.00 bits per heavy atom. The van der Waals surface area contributed by atoms with Crippen molar-refractivity contribution in [2.45, 2.75) is 19.3 Å². The summed E-state index contributed by atoms with van der Waals surface area (Å²) in [5.74, 6) is 0.349. The second-order valence-electron chi connectivity index (χ2n) is 4.01. The van der Waals surface area contributed by atoms with Crippen LogP contribution in [0, 0.1) is 10.1 Å². The van der Waals surface area contributed by atoms with Gasteiger partial charge in [0.25, 0.3) is 5.69 Å². The molecule has 0 spiro atoms. The number of non-ortho nitro benzene ring substituents is 1. The van der Waals surface area contributed by atoms with Crippen LogP contribution in [0.15, 0.2) is 24.3 Å². The zero-order valence-electron chi connectivity index (χ0n) is 9.93. The van der Waals surface area contributed by atoms with Gasteiger partial charge in [-0.05, 0) is 24.4 Å². The maximum Gasteiger partial charge on any atom is 0.269 e. The Hall–Kier alpha value is -1.46. The van der Waals surface area contributed by atoms with Crippen molar-refractivity contribution in [2.24, 2.45) is 0 Å². The molecule has 0 aromatic heterocycles. The number of aliphatic hydroxyl groups excluding tert-OH is 1. The first-order valence-electron chi connectivity index (χ1n) is 5.71. The predicted molar refractivity (Wildman–Crippen MR) is 66.1 cm³/mol. The first kappa shape index (κ1) is 13.6. The molecule has 0 radical (unpaired) electrons. The van der Waals surface area contributed by atoms with Crippen LogP contribution in [0.3, 0.4) is 0 Å². The molecule has 0 saturated carbocycles. The first-order chi connectivity index (χ1) is 8.15. The van der Waals surface area contributed by atoms with E-state index in [1.54, 1.807) is 12.1 Å². The van der Waals surface area contributed by atoms with Crippen LogP contribution in [0.25, 0.3) is 0 Å². The van der Waals surface area contributed by atoms with Gasteiger partial charge in [0.05, 0.1) is 11.5 Å². The van der Waals surface area contributed by atoms with E-state index >= 15 is 0 Å². The molecule has 5 nitrogen and oxygen atoms in total. The van der Waals surface area contributed by atoms with Crippen molar-refractivity contribution >= 4 is 5.69 Å². The lowest BCUT2D eigenvalue weighted by molar-refractivity contribution is -0.384. The van der Waals surface area contributed by atoms with Crippen molar-refractivity contribution in [2.75, 3.05) is 19.7 Å². The predicted octanol–water partition coefficient (Wildman–Crippen LogP) is 1.67. The second kappa shape index (κ2) is 6.98. The number of hydrogen-bond donors (Lipinski definition) is 2. The fraction of sp³-hybridized carbons (Fsp3) is 0.500. The van der Waals surface area contributed by atoms with Gasteiger partial charge in [0, 0.05) is 18.7 Å². The van der Waals surface area contributed by atoms with Crippen LogP contribution in [0.2, 0.25) is 0 Å². The number of hydrogen-bond acceptors (Lipinski definition) is 4. The minimum atomic E-state index is -0.392. The lowest BCUT2D eigenvalue weighted by Gasteiger charge is -2.11. The maximum absolute atomic E-state index is 10.5. The number of nitrogens with one attached hydrogen (secondary N) is 1. The first-order valence-corrected chi connectivity index (χ1v) is 5.71. The van der Waals surface area contributed by atoms with Crippen LogP contribution in [0.5, 0.6) is 0 Å². The summed E-state index contributed by atoms with van der Waals surface area (Å²) >= 11 is 0. The maximum atomic E-state index is 10.5. The molecule has 1 unspecified atom stereocenters. The number of rotatable bonds is 7. The molecule has 0 aliphatic carbocycles. The Labute approximate surface area is 101 Å². The van der Waals surface area contributed by atoms with Crippen molar-refractivity contribution in [3.8, 4) is 0 Å². The van der Waals surface area contributed by atoms with Gasteiger partial charge in [-0.15, -0.1) is 0 Å². The molecule has 0 bridgehead atoms. The van der Waals surface area contributed by atoms with Gasteiger partial charge in [-0.25, -0.2) is 0 Å². The van der Waals surface area contributed by atoms with E-state index in [1.807, 2.05) is 0 Å². The molecule has 2 N–H and O–H groups in total. The molecule has 0 aliphatic heterocycles. The summed E-state index contributed by atoms with van der Waals surface area (Å²) in [6.07, 6.45) is 0.942. The average Bonchev–Trinajstić information content (AvgIpc) is 2.34. The Bertz CT molecular complexity index is 351. The summed E-state index contributed by atoms with van der Waals surface area (Å²) in [5, 5.41) is 22.2. The van der Waals surface area contributed by atoms with Crippen molar-refractivity contribution in [3.05, 3.63) is 39.9 Å². The highest BCUT2D eigenvalue weighted by molar-refractivity contribution is 5.34. The molecule has 1 atom stereocenters. The van der Waals surface area contributed by atoms with Gasteiger partial charge in [0.1, 0.15) is 0 Å². The Kier molecular flexibility index (Phi) is 5.59. The molecule has 0 saturated heterocycles. The van der Waals surface area contributed by atoms with E-state index < -0.39 is 4.92 Å². The van der Waals surface area contributed by atoms with E-state index in [0.717, 1.165) is 18.5 Å². The molecule has 17 heavy (non-hydrogen) atoms. The summed E-state index contributed by atoms with van der Waals surface area (Å²) in [7, 11) is 0. The van der Waals surface area contributed by atoms with E-state index in [0.29, 0.717) is 12.5 Å². The number of benzene rings is 1. The van der Waals surface area contributed by atoms with Gasteiger partial charge < -0.3 is 10.4 Å². The number of nitro benzene ring substituents is 1. The molecule has 94 valence electrons. The Morgan fingerprint density at radius 1 is 1.35 bits per heavy atom. The molecule has 0 amide bonds. The van der Waals surface area contributed by atoms with E-state index in [1.165, 1.54) is 12.1 Å². The lowest BCUT2D eigenvalue weighted by Crippen LogP contribution is -2.20. The minimum Gasteiger partial charge on any atom is -0.395 e.